The summed E-state index contributed by atoms with van der Waals surface area (Å²) in [5.74, 6) is 3.49. The van der Waals surface area contributed by atoms with E-state index in [0.717, 1.165) is 36.5 Å². The van der Waals surface area contributed by atoms with E-state index < -0.39 is 0 Å². The number of hydrogen-bond acceptors (Lipinski definition) is 2. The Hall–Kier alpha value is -1.70. The van der Waals surface area contributed by atoms with Crippen molar-refractivity contribution in [3.05, 3.63) is 35.9 Å². The van der Waals surface area contributed by atoms with Gasteiger partial charge in [-0.15, -0.1) is 0 Å². The molecule has 2 aromatic rings. The molecule has 0 aliphatic heterocycles. The molecule has 0 aromatic heterocycles. The standard InChI is InChI=1S/C25H34O2/c1-19-15-16-23(26-17-20-9-4-2-5-10-20)22-13-8-14-24(25(19)22)27-18-21-11-6-3-7-12-21/h8,13-16,20-21H,2-7,9-12,17-18H2,1H3. The average molecular weight is 367 g/mol. The van der Waals surface area contributed by atoms with Gasteiger partial charge in [-0.1, -0.05) is 56.7 Å². The van der Waals surface area contributed by atoms with Crippen LogP contribution in [0.5, 0.6) is 11.5 Å². The predicted molar refractivity (Wildman–Crippen MR) is 113 cm³/mol. The highest BCUT2D eigenvalue weighted by atomic mass is 16.5. The summed E-state index contributed by atoms with van der Waals surface area (Å²) >= 11 is 0. The zero-order valence-corrected chi connectivity index (χ0v) is 16.8. The molecule has 2 fully saturated rings. The first-order valence-corrected chi connectivity index (χ1v) is 11.1. The summed E-state index contributed by atoms with van der Waals surface area (Å²) in [7, 11) is 0. The van der Waals surface area contributed by atoms with Crippen LogP contribution < -0.4 is 9.47 Å². The minimum absolute atomic E-state index is 0.722. The minimum Gasteiger partial charge on any atom is -0.493 e. The van der Waals surface area contributed by atoms with Crippen molar-refractivity contribution < 1.29 is 9.47 Å². The predicted octanol–water partition coefficient (Wildman–Crippen LogP) is 7.07. The van der Waals surface area contributed by atoms with E-state index in [4.69, 9.17) is 9.47 Å². The molecule has 2 aliphatic carbocycles. The number of benzene rings is 2. The van der Waals surface area contributed by atoms with Crippen molar-refractivity contribution in [3.8, 4) is 11.5 Å². The van der Waals surface area contributed by atoms with E-state index in [0.29, 0.717) is 0 Å². The Morgan fingerprint density at radius 3 is 1.93 bits per heavy atom. The maximum Gasteiger partial charge on any atom is 0.127 e. The average Bonchev–Trinajstić information content (AvgIpc) is 2.73. The summed E-state index contributed by atoms with van der Waals surface area (Å²) < 4.78 is 12.6. The van der Waals surface area contributed by atoms with Crippen LogP contribution >= 0.6 is 0 Å². The molecule has 2 nitrogen and oxygen atoms in total. The van der Waals surface area contributed by atoms with E-state index in [2.05, 4.69) is 37.3 Å². The van der Waals surface area contributed by atoms with E-state index in [-0.39, 0.29) is 0 Å². The minimum atomic E-state index is 0.722. The van der Waals surface area contributed by atoms with Crippen LogP contribution in [0.3, 0.4) is 0 Å². The highest BCUT2D eigenvalue weighted by Gasteiger charge is 2.17. The van der Waals surface area contributed by atoms with Crippen LogP contribution in [0, 0.1) is 18.8 Å². The third kappa shape index (κ3) is 4.59. The van der Waals surface area contributed by atoms with Crippen molar-refractivity contribution in [1.29, 1.82) is 0 Å². The summed E-state index contributed by atoms with van der Waals surface area (Å²) in [5.41, 5.74) is 1.27. The number of aryl methyl sites for hydroxylation is 1. The second-order valence-corrected chi connectivity index (χ2v) is 8.69. The molecule has 2 heteroatoms. The maximum absolute atomic E-state index is 6.33. The Morgan fingerprint density at radius 1 is 0.704 bits per heavy atom. The first kappa shape index (κ1) is 18.7. The van der Waals surface area contributed by atoms with Gasteiger partial charge in [0.25, 0.3) is 0 Å². The monoisotopic (exact) mass is 366 g/mol. The Morgan fingerprint density at radius 2 is 1.30 bits per heavy atom. The van der Waals surface area contributed by atoms with Crippen molar-refractivity contribution in [3.63, 3.8) is 0 Å². The van der Waals surface area contributed by atoms with Crippen molar-refractivity contribution in [2.24, 2.45) is 11.8 Å². The van der Waals surface area contributed by atoms with Crippen LogP contribution in [0.2, 0.25) is 0 Å². The number of ether oxygens (including phenoxy) is 2. The molecule has 0 heterocycles. The van der Waals surface area contributed by atoms with Gasteiger partial charge in [-0.2, -0.15) is 0 Å². The van der Waals surface area contributed by atoms with Gasteiger partial charge in [0, 0.05) is 10.8 Å². The smallest absolute Gasteiger partial charge is 0.127 e. The molecule has 2 aromatic carbocycles. The van der Waals surface area contributed by atoms with Crippen molar-refractivity contribution in [1.82, 2.24) is 0 Å². The summed E-state index contributed by atoms with van der Waals surface area (Å²) in [6, 6.07) is 10.8. The molecule has 0 saturated heterocycles. The second kappa shape index (κ2) is 8.99. The van der Waals surface area contributed by atoms with Gasteiger partial charge in [-0.25, -0.2) is 0 Å². The van der Waals surface area contributed by atoms with Gasteiger partial charge in [0.2, 0.25) is 0 Å². The number of rotatable bonds is 6. The molecule has 0 radical (unpaired) electrons. The van der Waals surface area contributed by atoms with Crippen LogP contribution in [0.15, 0.2) is 30.3 Å². The highest BCUT2D eigenvalue weighted by Crippen LogP contribution is 2.36. The lowest BCUT2D eigenvalue weighted by Crippen LogP contribution is -2.16. The Balaban J connectivity index is 1.50. The molecule has 0 bridgehead atoms. The topological polar surface area (TPSA) is 18.5 Å². The van der Waals surface area contributed by atoms with Gasteiger partial charge in [-0.05, 0) is 62.1 Å². The Labute approximate surface area is 164 Å². The largest absolute Gasteiger partial charge is 0.493 e. The maximum atomic E-state index is 6.33. The van der Waals surface area contributed by atoms with Gasteiger partial charge >= 0.3 is 0 Å². The Bertz CT molecular complexity index is 739. The summed E-state index contributed by atoms with van der Waals surface area (Å²) in [6.45, 7) is 3.89. The molecular formula is C25H34O2. The van der Waals surface area contributed by atoms with E-state index in [9.17, 15) is 0 Å². The fourth-order valence-corrected chi connectivity index (χ4v) is 4.89. The first-order chi connectivity index (χ1) is 13.3. The zero-order valence-electron chi connectivity index (χ0n) is 16.8. The highest BCUT2D eigenvalue weighted by molar-refractivity contribution is 5.95. The quantitative estimate of drug-likeness (QED) is 0.544. The summed E-state index contributed by atoms with van der Waals surface area (Å²) in [5, 5.41) is 2.43. The third-order valence-electron chi connectivity index (χ3n) is 6.57. The van der Waals surface area contributed by atoms with Gasteiger partial charge < -0.3 is 9.47 Å². The van der Waals surface area contributed by atoms with Crippen molar-refractivity contribution >= 4 is 10.8 Å². The van der Waals surface area contributed by atoms with Crippen LogP contribution in [-0.2, 0) is 0 Å². The zero-order chi connectivity index (χ0) is 18.5. The molecule has 2 saturated carbocycles. The summed E-state index contributed by atoms with van der Waals surface area (Å²) in [6.07, 6.45) is 13.5. The molecule has 4 rings (SSSR count). The van der Waals surface area contributed by atoms with Crippen LogP contribution in [0.25, 0.3) is 10.8 Å². The van der Waals surface area contributed by atoms with Crippen molar-refractivity contribution in [2.45, 2.75) is 71.1 Å². The second-order valence-electron chi connectivity index (χ2n) is 8.69. The molecule has 2 aliphatic rings. The van der Waals surface area contributed by atoms with Crippen LogP contribution in [0.4, 0.5) is 0 Å². The number of hydrogen-bond donors (Lipinski definition) is 0. The van der Waals surface area contributed by atoms with Crippen molar-refractivity contribution in [2.75, 3.05) is 13.2 Å². The molecule has 0 spiro atoms. The first-order valence-electron chi connectivity index (χ1n) is 11.1. The van der Waals surface area contributed by atoms with E-state index in [1.807, 2.05) is 0 Å². The van der Waals surface area contributed by atoms with Crippen LogP contribution in [-0.4, -0.2) is 13.2 Å². The third-order valence-corrected chi connectivity index (χ3v) is 6.57. The normalized spacial score (nSPS) is 19.3. The fourth-order valence-electron chi connectivity index (χ4n) is 4.89. The van der Waals surface area contributed by atoms with E-state index in [1.165, 1.54) is 80.5 Å². The Kier molecular flexibility index (Phi) is 6.21. The van der Waals surface area contributed by atoms with Gasteiger partial charge in [-0.3, -0.25) is 0 Å². The molecule has 146 valence electrons. The molecule has 27 heavy (non-hydrogen) atoms. The lowest BCUT2D eigenvalue weighted by Gasteiger charge is -2.23. The number of fused-ring (bicyclic) bond motifs is 1. The molecule has 0 amide bonds. The van der Waals surface area contributed by atoms with E-state index in [1.54, 1.807) is 0 Å². The molecule has 0 unspecified atom stereocenters. The fraction of sp³-hybridized carbons (Fsp3) is 0.600. The lowest BCUT2D eigenvalue weighted by molar-refractivity contribution is 0.209. The summed E-state index contributed by atoms with van der Waals surface area (Å²) in [4.78, 5) is 0. The van der Waals surface area contributed by atoms with Gasteiger partial charge in [0.15, 0.2) is 0 Å². The lowest BCUT2D eigenvalue weighted by atomic mass is 9.90. The SMILES string of the molecule is Cc1ccc(OCC2CCCCC2)c2cccc(OCC3CCCCC3)c12. The molecule has 0 N–H and O–H groups in total. The van der Waals surface area contributed by atoms with E-state index >= 15 is 0 Å². The van der Waals surface area contributed by atoms with Crippen LogP contribution in [0.1, 0.15) is 69.8 Å². The van der Waals surface area contributed by atoms with Gasteiger partial charge in [0.05, 0.1) is 13.2 Å². The van der Waals surface area contributed by atoms with Gasteiger partial charge in [0.1, 0.15) is 11.5 Å². The molecule has 0 atom stereocenters. The molecular weight excluding hydrogens is 332 g/mol.